The van der Waals surface area contributed by atoms with Crippen LogP contribution in [0.15, 0.2) is 57.7 Å². The summed E-state index contributed by atoms with van der Waals surface area (Å²) in [4.78, 5) is 23.9. The molecule has 1 aliphatic rings. The molecule has 0 saturated carbocycles. The van der Waals surface area contributed by atoms with Crippen LogP contribution in [0.4, 0.5) is 5.69 Å². The van der Waals surface area contributed by atoms with Gasteiger partial charge in [-0.15, -0.1) is 10.2 Å². The van der Waals surface area contributed by atoms with Gasteiger partial charge in [0.25, 0.3) is 5.91 Å². The number of aryl methyl sites for hydroxylation is 1. The van der Waals surface area contributed by atoms with Crippen molar-refractivity contribution < 1.29 is 13.9 Å². The van der Waals surface area contributed by atoms with Crippen molar-refractivity contribution >= 4 is 34.2 Å². The van der Waals surface area contributed by atoms with Crippen LogP contribution in [0.3, 0.4) is 0 Å². The number of aromatic nitrogens is 3. The number of carbonyl (C=O) groups is 1. The Kier molecular flexibility index (Phi) is 5.83. The third kappa shape index (κ3) is 4.61. The Morgan fingerprint density at radius 2 is 1.97 bits per heavy atom. The lowest BCUT2D eigenvalue weighted by Crippen LogP contribution is -2.20. The summed E-state index contributed by atoms with van der Waals surface area (Å²) in [6.07, 6.45) is 4.24. The minimum absolute atomic E-state index is 0.207. The molecule has 1 amide bonds. The molecule has 0 unspecified atom stereocenters. The number of anilines is 1. The number of halogens is 1. The summed E-state index contributed by atoms with van der Waals surface area (Å²) in [5.74, 6) is 1.77. The van der Waals surface area contributed by atoms with Gasteiger partial charge in [-0.25, -0.2) is 4.79 Å². The molecule has 4 aromatic rings. The number of nitrogens with zero attached hydrogens (tertiary/aromatic N) is 3. The molecular weight excluding hydrogens is 444 g/mol. The fourth-order valence-electron chi connectivity index (χ4n) is 3.94. The van der Waals surface area contributed by atoms with Crippen molar-refractivity contribution in [2.45, 2.75) is 32.2 Å². The molecule has 33 heavy (non-hydrogen) atoms. The number of carbonyl (C=O) groups excluding carboxylic acids is 1. The van der Waals surface area contributed by atoms with Crippen LogP contribution in [0.1, 0.15) is 25.1 Å². The van der Waals surface area contributed by atoms with Crippen molar-refractivity contribution in [2.75, 3.05) is 11.9 Å². The molecule has 0 saturated heterocycles. The van der Waals surface area contributed by atoms with E-state index in [2.05, 4.69) is 20.1 Å². The molecule has 2 aromatic heterocycles. The summed E-state index contributed by atoms with van der Waals surface area (Å²) in [6.45, 7) is 0.644. The van der Waals surface area contributed by atoms with Crippen molar-refractivity contribution in [3.63, 3.8) is 0 Å². The van der Waals surface area contributed by atoms with Crippen LogP contribution in [0, 0.1) is 0 Å². The lowest BCUT2D eigenvalue weighted by Gasteiger charge is -2.11. The number of ether oxygens (including phenoxy) is 1. The zero-order chi connectivity index (χ0) is 22.8. The van der Waals surface area contributed by atoms with E-state index in [1.165, 1.54) is 6.07 Å². The zero-order valence-electron chi connectivity index (χ0n) is 17.7. The molecular formula is C24H21ClN4O4. The van der Waals surface area contributed by atoms with E-state index < -0.39 is 5.63 Å². The van der Waals surface area contributed by atoms with Gasteiger partial charge < -0.3 is 19.0 Å². The Balaban J connectivity index is 1.29. The number of rotatable bonds is 5. The molecule has 0 spiro atoms. The third-order valence-electron chi connectivity index (χ3n) is 5.57. The van der Waals surface area contributed by atoms with Crippen molar-refractivity contribution in [2.24, 2.45) is 0 Å². The molecule has 2 aromatic carbocycles. The van der Waals surface area contributed by atoms with E-state index in [0.717, 1.165) is 49.0 Å². The predicted octanol–water partition coefficient (Wildman–Crippen LogP) is 4.45. The molecule has 5 rings (SSSR count). The van der Waals surface area contributed by atoms with Gasteiger partial charge in [-0.05, 0) is 49.2 Å². The highest BCUT2D eigenvalue weighted by Crippen LogP contribution is 2.31. The van der Waals surface area contributed by atoms with Gasteiger partial charge in [-0.3, -0.25) is 4.79 Å². The molecule has 0 fully saturated rings. The SMILES string of the molecule is O=C(COc1ccc2ccc(=O)oc2c1)Nc1ccc(Cl)c(-c2nnc3n2CCCCC3)c1. The quantitative estimate of drug-likeness (QED) is 0.438. The van der Waals surface area contributed by atoms with Crippen LogP contribution in [0.5, 0.6) is 5.75 Å². The molecule has 0 atom stereocenters. The molecule has 0 radical (unpaired) electrons. The minimum Gasteiger partial charge on any atom is -0.484 e. The summed E-state index contributed by atoms with van der Waals surface area (Å²) >= 11 is 6.46. The second-order valence-electron chi connectivity index (χ2n) is 7.89. The Bertz CT molecular complexity index is 1390. The zero-order valence-corrected chi connectivity index (χ0v) is 18.5. The highest BCUT2D eigenvalue weighted by molar-refractivity contribution is 6.33. The number of hydrogen-bond donors (Lipinski definition) is 1. The largest absolute Gasteiger partial charge is 0.484 e. The molecule has 8 nitrogen and oxygen atoms in total. The average molecular weight is 465 g/mol. The smallest absolute Gasteiger partial charge is 0.336 e. The van der Waals surface area contributed by atoms with Crippen LogP contribution in [-0.4, -0.2) is 27.3 Å². The summed E-state index contributed by atoms with van der Waals surface area (Å²) in [5.41, 5.74) is 1.26. The van der Waals surface area contributed by atoms with E-state index in [4.69, 9.17) is 20.8 Å². The van der Waals surface area contributed by atoms with Crippen molar-refractivity contribution in [3.8, 4) is 17.1 Å². The Morgan fingerprint density at radius 3 is 2.88 bits per heavy atom. The van der Waals surface area contributed by atoms with E-state index in [9.17, 15) is 9.59 Å². The molecule has 3 heterocycles. The summed E-state index contributed by atoms with van der Waals surface area (Å²) in [6, 6.07) is 13.4. The van der Waals surface area contributed by atoms with Gasteiger partial charge in [0.2, 0.25) is 0 Å². The van der Waals surface area contributed by atoms with E-state index in [-0.39, 0.29) is 12.5 Å². The fraction of sp³-hybridized carbons (Fsp3) is 0.250. The van der Waals surface area contributed by atoms with Gasteiger partial charge in [0.1, 0.15) is 17.2 Å². The van der Waals surface area contributed by atoms with Gasteiger partial charge >= 0.3 is 5.63 Å². The second-order valence-corrected chi connectivity index (χ2v) is 8.29. The van der Waals surface area contributed by atoms with E-state index in [1.807, 2.05) is 0 Å². The molecule has 1 aliphatic heterocycles. The van der Waals surface area contributed by atoms with Crippen LogP contribution < -0.4 is 15.7 Å². The summed E-state index contributed by atoms with van der Waals surface area (Å²) in [7, 11) is 0. The molecule has 168 valence electrons. The van der Waals surface area contributed by atoms with Crippen LogP contribution in [0.25, 0.3) is 22.4 Å². The number of amides is 1. The highest BCUT2D eigenvalue weighted by Gasteiger charge is 2.18. The first-order valence-electron chi connectivity index (χ1n) is 10.8. The highest BCUT2D eigenvalue weighted by atomic mass is 35.5. The first-order chi connectivity index (χ1) is 16.1. The monoisotopic (exact) mass is 464 g/mol. The van der Waals surface area contributed by atoms with Gasteiger partial charge in [0.15, 0.2) is 12.4 Å². The van der Waals surface area contributed by atoms with Crippen LogP contribution in [-0.2, 0) is 17.8 Å². The summed E-state index contributed by atoms with van der Waals surface area (Å²) in [5, 5.41) is 12.8. The van der Waals surface area contributed by atoms with Gasteiger partial charge in [-0.1, -0.05) is 18.0 Å². The van der Waals surface area contributed by atoms with Crippen LogP contribution in [0.2, 0.25) is 5.02 Å². The first kappa shape index (κ1) is 21.2. The Labute approximate surface area is 194 Å². The fourth-order valence-corrected chi connectivity index (χ4v) is 4.14. The van der Waals surface area contributed by atoms with E-state index in [1.54, 1.807) is 42.5 Å². The maximum Gasteiger partial charge on any atom is 0.336 e. The minimum atomic E-state index is -0.444. The molecule has 0 bridgehead atoms. The maximum absolute atomic E-state index is 12.5. The lowest BCUT2D eigenvalue weighted by atomic mass is 10.1. The Hall–Kier alpha value is -3.65. The van der Waals surface area contributed by atoms with Crippen molar-refractivity contribution in [1.29, 1.82) is 0 Å². The second kappa shape index (κ2) is 9.07. The average Bonchev–Trinajstić information content (AvgIpc) is 3.06. The van der Waals surface area contributed by atoms with Gasteiger partial charge in [-0.2, -0.15) is 0 Å². The standard InChI is InChI=1S/C24H21ClN4O4/c25-19-9-7-16(12-18(19)24-28-27-21-4-2-1-3-11-29(21)24)26-22(30)14-32-17-8-5-15-6-10-23(31)33-20(15)13-17/h5-10,12-13H,1-4,11,14H2,(H,26,30). The topological polar surface area (TPSA) is 99.2 Å². The van der Waals surface area contributed by atoms with Gasteiger partial charge in [0.05, 0.1) is 5.02 Å². The maximum atomic E-state index is 12.5. The normalized spacial score (nSPS) is 13.4. The van der Waals surface area contributed by atoms with Gasteiger partial charge in [0, 0.05) is 41.7 Å². The molecule has 1 N–H and O–H groups in total. The number of hydrogen-bond acceptors (Lipinski definition) is 6. The predicted molar refractivity (Wildman–Crippen MR) is 125 cm³/mol. The van der Waals surface area contributed by atoms with Crippen molar-refractivity contribution in [3.05, 3.63) is 69.8 Å². The molecule has 9 heteroatoms. The number of fused-ring (bicyclic) bond motifs is 2. The number of benzene rings is 2. The van der Waals surface area contributed by atoms with Crippen molar-refractivity contribution in [1.82, 2.24) is 14.8 Å². The summed E-state index contributed by atoms with van der Waals surface area (Å²) < 4.78 is 12.8. The molecule has 0 aliphatic carbocycles. The third-order valence-corrected chi connectivity index (χ3v) is 5.89. The van der Waals surface area contributed by atoms with E-state index >= 15 is 0 Å². The lowest BCUT2D eigenvalue weighted by molar-refractivity contribution is -0.118. The van der Waals surface area contributed by atoms with Crippen LogP contribution >= 0.6 is 11.6 Å². The number of nitrogens with one attached hydrogen (secondary N) is 1. The van der Waals surface area contributed by atoms with E-state index in [0.29, 0.717) is 27.9 Å². The first-order valence-corrected chi connectivity index (χ1v) is 11.1. The Morgan fingerprint density at radius 1 is 1.09 bits per heavy atom.